The molecular formula is C27H26ClFN4O3. The number of halogens is 2. The van der Waals surface area contributed by atoms with Gasteiger partial charge in [-0.25, -0.2) is 14.4 Å². The van der Waals surface area contributed by atoms with E-state index in [1.54, 1.807) is 64.2 Å². The van der Waals surface area contributed by atoms with E-state index >= 15 is 0 Å². The van der Waals surface area contributed by atoms with Crippen molar-refractivity contribution in [3.63, 3.8) is 0 Å². The number of aryl methyl sites for hydroxylation is 2. The number of benzene rings is 2. The van der Waals surface area contributed by atoms with Crippen LogP contribution in [0.15, 0.2) is 53.5 Å². The molecule has 9 heteroatoms. The van der Waals surface area contributed by atoms with Gasteiger partial charge in [0.25, 0.3) is 5.56 Å². The molecule has 7 nitrogen and oxygen atoms in total. The van der Waals surface area contributed by atoms with Crippen LogP contribution in [0, 0.1) is 26.6 Å². The Labute approximate surface area is 213 Å². The Balaban J connectivity index is 1.75. The highest BCUT2D eigenvalue weighted by molar-refractivity contribution is 6.32. The average Bonchev–Trinajstić information content (AvgIpc) is 2.82. The largest absolute Gasteiger partial charge is 0.472 e. The molecule has 0 amide bonds. The van der Waals surface area contributed by atoms with Gasteiger partial charge in [-0.2, -0.15) is 4.98 Å². The Hall–Kier alpha value is -3.62. The van der Waals surface area contributed by atoms with E-state index in [-0.39, 0.29) is 29.7 Å². The van der Waals surface area contributed by atoms with Crippen LogP contribution in [0.25, 0.3) is 16.9 Å². The van der Waals surface area contributed by atoms with Crippen molar-refractivity contribution in [3.8, 4) is 22.8 Å². The summed E-state index contributed by atoms with van der Waals surface area (Å²) in [5.74, 6) is 0.536. The standard InChI is InChI=1S/C27H26ClFN4O3/c1-15-13-30-26(27(4,5)35)32-23(15)19-8-11-21(28)22(12-19)33-17(3)31-24(16(2)25(33)34)36-14-18-6-9-20(29)10-7-18/h6-13,35H,14H2,1-5H3. The van der Waals surface area contributed by atoms with Gasteiger partial charge in [-0.15, -0.1) is 0 Å². The molecule has 0 aliphatic rings. The fraction of sp³-hybridized carbons (Fsp3) is 0.259. The molecule has 0 aliphatic heterocycles. The second-order valence-electron chi connectivity index (χ2n) is 9.10. The van der Waals surface area contributed by atoms with Gasteiger partial charge in [-0.3, -0.25) is 9.36 Å². The molecule has 2 heterocycles. The minimum absolute atomic E-state index is 0.143. The zero-order valence-electron chi connectivity index (χ0n) is 20.6. The van der Waals surface area contributed by atoms with Gasteiger partial charge in [0.15, 0.2) is 5.82 Å². The van der Waals surface area contributed by atoms with Crippen LogP contribution >= 0.6 is 11.6 Å². The Morgan fingerprint density at radius 1 is 1.08 bits per heavy atom. The third kappa shape index (κ3) is 5.15. The van der Waals surface area contributed by atoms with Crippen LogP contribution in [-0.2, 0) is 12.2 Å². The molecule has 0 saturated heterocycles. The summed E-state index contributed by atoms with van der Waals surface area (Å²) in [4.78, 5) is 26.7. The van der Waals surface area contributed by atoms with Crippen LogP contribution in [0.1, 0.15) is 42.2 Å². The molecule has 0 radical (unpaired) electrons. The summed E-state index contributed by atoms with van der Waals surface area (Å²) >= 11 is 6.53. The molecule has 4 rings (SSSR count). The molecule has 4 aromatic rings. The number of hydrogen-bond donors (Lipinski definition) is 1. The lowest BCUT2D eigenvalue weighted by atomic mass is 10.0. The highest BCUT2D eigenvalue weighted by Gasteiger charge is 2.22. The third-order valence-corrected chi connectivity index (χ3v) is 6.02. The van der Waals surface area contributed by atoms with Crippen LogP contribution in [0.4, 0.5) is 4.39 Å². The fourth-order valence-corrected chi connectivity index (χ4v) is 3.91. The normalized spacial score (nSPS) is 11.6. The van der Waals surface area contributed by atoms with Gasteiger partial charge in [-0.1, -0.05) is 29.8 Å². The molecule has 2 aromatic heterocycles. The van der Waals surface area contributed by atoms with E-state index in [1.807, 2.05) is 6.92 Å². The lowest BCUT2D eigenvalue weighted by Crippen LogP contribution is -2.25. The Morgan fingerprint density at radius 2 is 1.78 bits per heavy atom. The molecule has 0 saturated carbocycles. The minimum atomic E-state index is -1.21. The Morgan fingerprint density at radius 3 is 2.44 bits per heavy atom. The lowest BCUT2D eigenvalue weighted by molar-refractivity contribution is 0.0688. The molecule has 36 heavy (non-hydrogen) atoms. The molecule has 0 fully saturated rings. The summed E-state index contributed by atoms with van der Waals surface area (Å²) < 4.78 is 20.4. The van der Waals surface area contributed by atoms with Crippen molar-refractivity contribution in [3.05, 3.63) is 98.2 Å². The number of rotatable bonds is 6. The van der Waals surface area contributed by atoms with E-state index in [0.717, 1.165) is 11.1 Å². The van der Waals surface area contributed by atoms with Gasteiger partial charge in [0, 0.05) is 11.8 Å². The summed E-state index contributed by atoms with van der Waals surface area (Å²) in [6, 6.07) is 11.2. The molecule has 0 spiro atoms. The number of nitrogens with zero attached hydrogens (tertiary/aromatic N) is 4. The van der Waals surface area contributed by atoms with Gasteiger partial charge in [-0.05, 0) is 70.0 Å². The van der Waals surface area contributed by atoms with Gasteiger partial charge in [0.05, 0.1) is 22.0 Å². The molecular weight excluding hydrogens is 483 g/mol. The van der Waals surface area contributed by atoms with E-state index in [2.05, 4.69) is 15.0 Å². The number of hydrogen-bond acceptors (Lipinski definition) is 6. The maximum atomic E-state index is 13.4. The third-order valence-electron chi connectivity index (χ3n) is 5.70. The summed E-state index contributed by atoms with van der Waals surface area (Å²) in [5, 5.41) is 10.7. The molecule has 0 unspecified atom stereocenters. The van der Waals surface area contributed by atoms with E-state index in [0.29, 0.717) is 33.4 Å². The van der Waals surface area contributed by atoms with E-state index in [4.69, 9.17) is 16.3 Å². The lowest BCUT2D eigenvalue weighted by Gasteiger charge is -2.18. The molecule has 2 aromatic carbocycles. The van der Waals surface area contributed by atoms with Gasteiger partial charge >= 0.3 is 0 Å². The average molecular weight is 509 g/mol. The van der Waals surface area contributed by atoms with Crippen molar-refractivity contribution in [2.75, 3.05) is 0 Å². The van der Waals surface area contributed by atoms with Crippen LogP contribution in [0.3, 0.4) is 0 Å². The second-order valence-corrected chi connectivity index (χ2v) is 9.50. The zero-order valence-corrected chi connectivity index (χ0v) is 21.4. The van der Waals surface area contributed by atoms with Crippen LogP contribution in [-0.4, -0.2) is 24.6 Å². The van der Waals surface area contributed by atoms with Crippen LogP contribution in [0.5, 0.6) is 5.88 Å². The fourth-order valence-electron chi connectivity index (χ4n) is 3.70. The van der Waals surface area contributed by atoms with Gasteiger partial charge < -0.3 is 9.84 Å². The van der Waals surface area contributed by atoms with Crippen molar-refractivity contribution in [2.45, 2.75) is 46.8 Å². The van der Waals surface area contributed by atoms with Crippen molar-refractivity contribution >= 4 is 11.6 Å². The molecule has 186 valence electrons. The zero-order chi connectivity index (χ0) is 26.2. The summed E-state index contributed by atoms with van der Waals surface area (Å²) in [6.07, 6.45) is 1.65. The van der Waals surface area contributed by atoms with Crippen molar-refractivity contribution in [1.29, 1.82) is 0 Å². The summed E-state index contributed by atoms with van der Waals surface area (Å²) in [7, 11) is 0. The van der Waals surface area contributed by atoms with E-state index in [9.17, 15) is 14.3 Å². The predicted octanol–water partition coefficient (Wildman–Crippen LogP) is 5.21. The first-order valence-corrected chi connectivity index (χ1v) is 11.7. The monoisotopic (exact) mass is 508 g/mol. The molecule has 0 atom stereocenters. The smallest absolute Gasteiger partial charge is 0.264 e. The molecule has 1 N–H and O–H groups in total. The van der Waals surface area contributed by atoms with E-state index < -0.39 is 5.60 Å². The topological polar surface area (TPSA) is 90.1 Å². The summed E-state index contributed by atoms with van der Waals surface area (Å²) in [6.45, 7) is 8.57. The van der Waals surface area contributed by atoms with Crippen molar-refractivity contribution in [2.24, 2.45) is 0 Å². The maximum Gasteiger partial charge on any atom is 0.264 e. The summed E-state index contributed by atoms with van der Waals surface area (Å²) in [5.41, 5.74) is 2.10. The molecule has 0 aliphatic carbocycles. The number of ether oxygens (including phenoxy) is 1. The van der Waals surface area contributed by atoms with Crippen LogP contribution < -0.4 is 10.3 Å². The maximum absolute atomic E-state index is 13.4. The first-order valence-electron chi connectivity index (χ1n) is 11.3. The van der Waals surface area contributed by atoms with E-state index in [1.165, 1.54) is 16.7 Å². The number of aromatic nitrogens is 4. The second kappa shape index (κ2) is 9.79. The van der Waals surface area contributed by atoms with Gasteiger partial charge in [0.2, 0.25) is 5.88 Å². The Bertz CT molecular complexity index is 1500. The minimum Gasteiger partial charge on any atom is -0.472 e. The van der Waals surface area contributed by atoms with Crippen molar-refractivity contribution in [1.82, 2.24) is 19.5 Å². The highest BCUT2D eigenvalue weighted by Crippen LogP contribution is 2.30. The highest BCUT2D eigenvalue weighted by atomic mass is 35.5. The van der Waals surface area contributed by atoms with Crippen LogP contribution in [0.2, 0.25) is 5.02 Å². The Kier molecular flexibility index (Phi) is 6.93. The molecule has 0 bridgehead atoms. The quantitative estimate of drug-likeness (QED) is 0.384. The SMILES string of the molecule is Cc1cnc(C(C)(C)O)nc1-c1ccc(Cl)c(-n2c(C)nc(OCc3ccc(F)cc3)c(C)c2=O)c1. The first kappa shape index (κ1) is 25.5. The predicted molar refractivity (Wildman–Crippen MR) is 136 cm³/mol. The van der Waals surface area contributed by atoms with Crippen molar-refractivity contribution < 1.29 is 14.2 Å². The first-order chi connectivity index (χ1) is 17.0. The number of aliphatic hydroxyl groups is 1. The van der Waals surface area contributed by atoms with Gasteiger partial charge in [0.1, 0.15) is 23.8 Å².